The highest BCUT2D eigenvalue weighted by Crippen LogP contribution is 2.32. The number of nitrogens with two attached hydrogens (primary N) is 1. The number of furan rings is 1. The van der Waals surface area contributed by atoms with Crippen LogP contribution >= 0.6 is 0 Å². The van der Waals surface area contributed by atoms with E-state index in [9.17, 15) is 4.79 Å². The zero-order chi connectivity index (χ0) is 13.4. The summed E-state index contributed by atoms with van der Waals surface area (Å²) in [5.74, 6) is 2.86. The lowest BCUT2D eigenvalue weighted by atomic mass is 9.83. The first-order valence-corrected chi connectivity index (χ1v) is 7.23. The van der Waals surface area contributed by atoms with Gasteiger partial charge in [0.05, 0.1) is 5.92 Å². The molecule has 104 valence electrons. The van der Waals surface area contributed by atoms with Crippen molar-refractivity contribution in [2.45, 2.75) is 44.6 Å². The van der Waals surface area contributed by atoms with Crippen molar-refractivity contribution >= 4 is 5.91 Å². The summed E-state index contributed by atoms with van der Waals surface area (Å²) in [5.41, 5.74) is 6.17. The van der Waals surface area contributed by atoms with Crippen molar-refractivity contribution in [3.8, 4) is 0 Å². The Morgan fingerprint density at radius 3 is 2.79 bits per heavy atom. The summed E-state index contributed by atoms with van der Waals surface area (Å²) >= 11 is 0. The summed E-state index contributed by atoms with van der Waals surface area (Å²) in [6.45, 7) is 3.30. The van der Waals surface area contributed by atoms with E-state index in [2.05, 4.69) is 0 Å². The highest BCUT2D eigenvalue weighted by atomic mass is 16.3. The second-order valence-corrected chi connectivity index (χ2v) is 6.02. The molecular weight excluding hydrogens is 240 g/mol. The second-order valence-electron chi connectivity index (χ2n) is 6.02. The Morgan fingerprint density at radius 2 is 2.21 bits per heavy atom. The van der Waals surface area contributed by atoms with Gasteiger partial charge in [0.2, 0.25) is 5.91 Å². The Hall–Kier alpha value is -1.29. The average Bonchev–Trinajstić information content (AvgIpc) is 2.89. The highest BCUT2D eigenvalue weighted by molar-refractivity contribution is 5.77. The first-order chi connectivity index (χ1) is 9.13. The van der Waals surface area contributed by atoms with Gasteiger partial charge in [0.15, 0.2) is 0 Å². The van der Waals surface area contributed by atoms with Crippen LogP contribution in [0.2, 0.25) is 0 Å². The molecule has 19 heavy (non-hydrogen) atoms. The monoisotopic (exact) mass is 262 g/mol. The summed E-state index contributed by atoms with van der Waals surface area (Å²) in [6.07, 6.45) is 4.42. The fraction of sp³-hybridized carbons (Fsp3) is 0.667. The van der Waals surface area contributed by atoms with Crippen LogP contribution < -0.4 is 5.73 Å². The van der Waals surface area contributed by atoms with Crippen LogP contribution in [0.1, 0.15) is 43.1 Å². The van der Waals surface area contributed by atoms with Gasteiger partial charge in [0.25, 0.3) is 0 Å². The van der Waals surface area contributed by atoms with Crippen LogP contribution in [0.4, 0.5) is 0 Å². The Labute approximate surface area is 113 Å². The predicted molar refractivity (Wildman–Crippen MR) is 72.7 cm³/mol. The number of nitrogens with zero attached hydrogens (tertiary/aromatic N) is 1. The third kappa shape index (κ3) is 2.54. The van der Waals surface area contributed by atoms with Gasteiger partial charge in [0, 0.05) is 25.6 Å². The highest BCUT2D eigenvalue weighted by Gasteiger charge is 2.36. The lowest BCUT2D eigenvalue weighted by Gasteiger charge is -2.27. The number of carbonyl (C=O) groups excluding carboxylic acids is 1. The number of likely N-dealkylation sites (tertiary alicyclic amines) is 1. The Bertz CT molecular complexity index is 464. The summed E-state index contributed by atoms with van der Waals surface area (Å²) in [6, 6.07) is 3.94. The molecule has 1 aliphatic carbocycles. The van der Waals surface area contributed by atoms with Gasteiger partial charge in [-0.25, -0.2) is 0 Å². The van der Waals surface area contributed by atoms with Gasteiger partial charge >= 0.3 is 0 Å². The van der Waals surface area contributed by atoms with Crippen molar-refractivity contribution in [2.75, 3.05) is 13.1 Å². The molecule has 1 aliphatic heterocycles. The lowest BCUT2D eigenvalue weighted by Crippen LogP contribution is -2.34. The van der Waals surface area contributed by atoms with Crippen molar-refractivity contribution < 1.29 is 9.21 Å². The molecule has 1 aromatic heterocycles. The minimum absolute atomic E-state index is 0.00381. The largest absolute Gasteiger partial charge is 0.466 e. The van der Waals surface area contributed by atoms with Gasteiger partial charge in [-0.15, -0.1) is 0 Å². The molecule has 1 amide bonds. The van der Waals surface area contributed by atoms with Crippen molar-refractivity contribution in [2.24, 2.45) is 11.7 Å². The van der Waals surface area contributed by atoms with Crippen LogP contribution in [0.5, 0.6) is 0 Å². The summed E-state index contributed by atoms with van der Waals surface area (Å²) < 4.78 is 5.66. The zero-order valence-electron chi connectivity index (χ0n) is 11.5. The molecule has 0 bridgehead atoms. The van der Waals surface area contributed by atoms with E-state index in [1.165, 1.54) is 19.3 Å². The van der Waals surface area contributed by atoms with Crippen LogP contribution in [0, 0.1) is 12.8 Å². The molecule has 2 atom stereocenters. The predicted octanol–water partition coefficient (Wildman–Crippen LogP) is 2.03. The number of carbonyl (C=O) groups is 1. The SMILES string of the molecule is Cc1ccc([C@@H]2CN(C(=O)CC3CCC3)C[C@H]2N)o1. The van der Waals surface area contributed by atoms with Gasteiger partial charge in [-0.05, 0) is 37.8 Å². The van der Waals surface area contributed by atoms with Gasteiger partial charge < -0.3 is 15.1 Å². The van der Waals surface area contributed by atoms with Gasteiger partial charge in [-0.1, -0.05) is 6.42 Å². The molecule has 0 unspecified atom stereocenters. The standard InChI is InChI=1S/C15H22N2O2/c1-10-5-6-14(19-10)12-8-17(9-13(12)16)15(18)7-11-3-2-4-11/h5-6,11-13H,2-4,7-9,16H2,1H3/t12-,13-/m1/s1. The van der Waals surface area contributed by atoms with Crippen molar-refractivity contribution in [1.29, 1.82) is 0 Å². The van der Waals surface area contributed by atoms with Crippen molar-refractivity contribution in [1.82, 2.24) is 4.90 Å². The van der Waals surface area contributed by atoms with Crippen LogP contribution in [-0.2, 0) is 4.79 Å². The topological polar surface area (TPSA) is 59.5 Å². The summed E-state index contributed by atoms with van der Waals surface area (Å²) in [4.78, 5) is 14.1. The minimum atomic E-state index is -0.00381. The fourth-order valence-corrected chi connectivity index (χ4v) is 3.06. The van der Waals surface area contributed by atoms with Gasteiger partial charge in [-0.3, -0.25) is 4.79 Å². The van der Waals surface area contributed by atoms with E-state index in [-0.39, 0.29) is 17.9 Å². The van der Waals surface area contributed by atoms with Crippen molar-refractivity contribution in [3.05, 3.63) is 23.7 Å². The van der Waals surface area contributed by atoms with Gasteiger partial charge in [0.1, 0.15) is 11.5 Å². The maximum Gasteiger partial charge on any atom is 0.222 e. The normalized spacial score (nSPS) is 27.6. The van der Waals surface area contributed by atoms with E-state index in [1.807, 2.05) is 24.0 Å². The maximum absolute atomic E-state index is 12.2. The van der Waals surface area contributed by atoms with Crippen molar-refractivity contribution in [3.63, 3.8) is 0 Å². The molecular formula is C15H22N2O2. The molecule has 2 N–H and O–H groups in total. The zero-order valence-corrected chi connectivity index (χ0v) is 11.5. The first-order valence-electron chi connectivity index (χ1n) is 7.23. The Kier molecular flexibility index (Phi) is 3.35. The molecule has 1 aromatic rings. The average molecular weight is 262 g/mol. The van der Waals surface area contributed by atoms with Gasteiger partial charge in [-0.2, -0.15) is 0 Å². The van der Waals surface area contributed by atoms with E-state index in [1.54, 1.807) is 0 Å². The quantitative estimate of drug-likeness (QED) is 0.906. The molecule has 4 heteroatoms. The van der Waals surface area contributed by atoms with E-state index < -0.39 is 0 Å². The molecule has 1 saturated heterocycles. The van der Waals surface area contributed by atoms with E-state index in [0.29, 0.717) is 25.4 Å². The summed E-state index contributed by atoms with van der Waals surface area (Å²) in [7, 11) is 0. The third-order valence-electron chi connectivity index (χ3n) is 4.53. The van der Waals surface area contributed by atoms with E-state index in [4.69, 9.17) is 10.2 Å². The Morgan fingerprint density at radius 1 is 1.42 bits per heavy atom. The number of rotatable bonds is 3. The number of hydrogen-bond donors (Lipinski definition) is 1. The van der Waals surface area contributed by atoms with E-state index in [0.717, 1.165) is 11.5 Å². The lowest BCUT2D eigenvalue weighted by molar-refractivity contribution is -0.131. The molecule has 1 saturated carbocycles. The molecule has 0 aromatic carbocycles. The van der Waals surface area contributed by atoms with E-state index >= 15 is 0 Å². The molecule has 3 rings (SSSR count). The first kappa shape index (κ1) is 12.7. The molecule has 2 heterocycles. The van der Waals surface area contributed by atoms with Crippen LogP contribution in [0.15, 0.2) is 16.5 Å². The third-order valence-corrected chi connectivity index (χ3v) is 4.53. The number of aryl methyl sites for hydroxylation is 1. The minimum Gasteiger partial charge on any atom is -0.466 e. The molecule has 0 spiro atoms. The fourth-order valence-electron chi connectivity index (χ4n) is 3.06. The molecule has 0 radical (unpaired) electrons. The molecule has 2 aliphatic rings. The maximum atomic E-state index is 12.2. The summed E-state index contributed by atoms with van der Waals surface area (Å²) in [5, 5.41) is 0. The van der Waals surface area contributed by atoms with Crippen LogP contribution in [-0.4, -0.2) is 29.9 Å². The van der Waals surface area contributed by atoms with Crippen LogP contribution in [0.3, 0.4) is 0 Å². The second kappa shape index (κ2) is 5.00. The Balaban J connectivity index is 1.62. The molecule has 2 fully saturated rings. The number of amides is 1. The number of hydrogen-bond acceptors (Lipinski definition) is 3. The smallest absolute Gasteiger partial charge is 0.222 e. The van der Waals surface area contributed by atoms with Crippen LogP contribution in [0.25, 0.3) is 0 Å². The molecule has 4 nitrogen and oxygen atoms in total.